The third-order valence-electron chi connectivity index (χ3n) is 4.63. The van der Waals surface area contributed by atoms with Crippen LogP contribution >= 0.6 is 0 Å². The highest BCUT2D eigenvalue weighted by atomic mass is 16.5. The first-order chi connectivity index (χ1) is 13.1. The molecule has 0 spiro atoms. The van der Waals surface area contributed by atoms with Crippen molar-refractivity contribution in [1.82, 2.24) is 9.55 Å². The number of fused-ring (bicyclic) bond motifs is 4. The highest BCUT2D eigenvalue weighted by molar-refractivity contribution is 5.95. The summed E-state index contributed by atoms with van der Waals surface area (Å²) in [4.78, 5) is 8.99. The Morgan fingerprint density at radius 2 is 1.93 bits per heavy atom. The van der Waals surface area contributed by atoms with E-state index in [1.54, 1.807) is 16.7 Å². The normalized spacial score (nSPS) is 18.4. The van der Waals surface area contributed by atoms with Crippen molar-refractivity contribution in [2.45, 2.75) is 12.6 Å². The molecule has 2 aromatic carbocycles. The van der Waals surface area contributed by atoms with Gasteiger partial charge in [0.1, 0.15) is 0 Å². The second-order valence-electron chi connectivity index (χ2n) is 6.37. The van der Waals surface area contributed by atoms with Crippen molar-refractivity contribution in [3.8, 4) is 23.0 Å². The summed E-state index contributed by atoms with van der Waals surface area (Å²) in [5.41, 5.74) is 7.75. The summed E-state index contributed by atoms with van der Waals surface area (Å²) in [6.45, 7) is 1.15. The maximum atomic E-state index is 10.3. The largest absolute Gasteiger partial charge is 0.504 e. The van der Waals surface area contributed by atoms with Gasteiger partial charge in [0, 0.05) is 24.1 Å². The first kappa shape index (κ1) is 15.6. The molecule has 9 nitrogen and oxygen atoms in total. The number of nitrogens with one attached hydrogen (secondary N) is 1. The molecule has 0 amide bonds. The zero-order valence-electron chi connectivity index (χ0n) is 14.2. The zero-order valence-corrected chi connectivity index (χ0v) is 14.2. The molecule has 0 saturated heterocycles. The summed E-state index contributed by atoms with van der Waals surface area (Å²) in [5.74, 6) is 1.44. The molecule has 1 aromatic heterocycles. The van der Waals surface area contributed by atoms with Gasteiger partial charge in [-0.1, -0.05) is 12.1 Å². The van der Waals surface area contributed by atoms with Gasteiger partial charge in [-0.25, -0.2) is 9.98 Å². The summed E-state index contributed by atoms with van der Waals surface area (Å²) in [5, 5.41) is 23.2. The highest BCUT2D eigenvalue weighted by Gasteiger charge is 2.29. The van der Waals surface area contributed by atoms with Crippen LogP contribution in [0.3, 0.4) is 0 Å². The van der Waals surface area contributed by atoms with Crippen LogP contribution < -0.4 is 20.5 Å². The smallest absolute Gasteiger partial charge is 0.212 e. The van der Waals surface area contributed by atoms with Crippen LogP contribution in [0.1, 0.15) is 18.2 Å². The molecule has 5 rings (SSSR count). The van der Waals surface area contributed by atoms with Crippen molar-refractivity contribution in [3.63, 3.8) is 0 Å². The van der Waals surface area contributed by atoms with Crippen LogP contribution in [0, 0.1) is 0 Å². The molecular weight excluding hydrogens is 350 g/mol. The molecule has 3 aromatic rings. The molecule has 138 valence electrons. The number of hydrogen-bond acceptors (Lipinski definition) is 8. The first-order valence-electron chi connectivity index (χ1n) is 8.54. The van der Waals surface area contributed by atoms with E-state index in [1.807, 2.05) is 12.1 Å². The molecular formula is C18H17N5O4. The van der Waals surface area contributed by atoms with Crippen molar-refractivity contribution < 1.29 is 19.7 Å². The Labute approximate surface area is 153 Å². The quantitative estimate of drug-likeness (QED) is 0.484. The summed E-state index contributed by atoms with van der Waals surface area (Å²) in [6.07, 6.45) is 0.114. The summed E-state index contributed by atoms with van der Waals surface area (Å²) < 4.78 is 13.3. The van der Waals surface area contributed by atoms with E-state index in [0.717, 1.165) is 11.9 Å². The molecule has 0 fully saturated rings. The zero-order chi connectivity index (χ0) is 18.5. The van der Waals surface area contributed by atoms with Crippen LogP contribution in [0.2, 0.25) is 0 Å². The molecule has 0 saturated carbocycles. The molecule has 5 N–H and O–H groups in total. The molecule has 0 bridgehead atoms. The second-order valence-corrected chi connectivity index (χ2v) is 6.37. The molecule has 0 radical (unpaired) electrons. The standard InChI is InChI=1S/C18H17N5O4/c19-17-21-16(9-3-1-4-12(24)15(9)25)23-11-8-14-13(26-5-2-6-27-14)7-10(11)20-18(23)22-17/h1,3-4,7-8,16,24-25H,2,5-6H2,(H3,19,20,21,22). The minimum absolute atomic E-state index is 0.166. The Morgan fingerprint density at radius 3 is 2.74 bits per heavy atom. The molecule has 27 heavy (non-hydrogen) atoms. The number of nitrogens with two attached hydrogens (primary N) is 1. The summed E-state index contributed by atoms with van der Waals surface area (Å²) in [6, 6.07) is 8.39. The van der Waals surface area contributed by atoms with E-state index >= 15 is 0 Å². The number of hydrogen-bond donors (Lipinski definition) is 4. The number of phenols is 2. The number of aliphatic imine (C=N–C) groups is 1. The van der Waals surface area contributed by atoms with Crippen LogP contribution in [0.15, 0.2) is 35.3 Å². The SMILES string of the molecule is NC1=NC(c2cccc(O)c2O)n2c(nc3cc4c(cc32)OCCCO4)N1. The molecule has 3 heterocycles. The topological polar surface area (TPSA) is 127 Å². The predicted molar refractivity (Wildman–Crippen MR) is 98.5 cm³/mol. The number of rotatable bonds is 1. The molecule has 0 aliphatic carbocycles. The first-order valence-corrected chi connectivity index (χ1v) is 8.54. The number of ether oxygens (including phenoxy) is 2. The van der Waals surface area contributed by atoms with Crippen molar-refractivity contribution in [2.75, 3.05) is 18.5 Å². The van der Waals surface area contributed by atoms with E-state index in [9.17, 15) is 10.2 Å². The van der Waals surface area contributed by atoms with Crippen LogP contribution in [-0.2, 0) is 0 Å². The molecule has 1 unspecified atom stereocenters. The van der Waals surface area contributed by atoms with E-state index in [-0.39, 0.29) is 17.5 Å². The second kappa shape index (κ2) is 5.70. The minimum atomic E-state index is -0.692. The van der Waals surface area contributed by atoms with E-state index < -0.39 is 6.17 Å². The lowest BCUT2D eigenvalue weighted by atomic mass is 10.1. The number of nitrogens with zero attached hydrogens (tertiary/aromatic N) is 3. The Morgan fingerprint density at radius 1 is 1.15 bits per heavy atom. The average Bonchev–Trinajstić information content (AvgIpc) is 2.83. The molecule has 9 heteroatoms. The third kappa shape index (κ3) is 2.39. The Hall–Kier alpha value is -3.62. The lowest BCUT2D eigenvalue weighted by Crippen LogP contribution is -2.31. The van der Waals surface area contributed by atoms with E-state index in [4.69, 9.17) is 15.2 Å². The van der Waals surface area contributed by atoms with Gasteiger partial charge in [-0.15, -0.1) is 0 Å². The monoisotopic (exact) mass is 367 g/mol. The fourth-order valence-corrected chi connectivity index (χ4v) is 3.39. The van der Waals surface area contributed by atoms with E-state index in [1.165, 1.54) is 6.07 Å². The average molecular weight is 367 g/mol. The fourth-order valence-electron chi connectivity index (χ4n) is 3.39. The van der Waals surface area contributed by atoms with Crippen LogP contribution in [-0.4, -0.2) is 38.9 Å². The van der Waals surface area contributed by atoms with Crippen molar-refractivity contribution in [1.29, 1.82) is 0 Å². The predicted octanol–water partition coefficient (Wildman–Crippen LogP) is 1.90. The number of para-hydroxylation sites is 1. The van der Waals surface area contributed by atoms with Gasteiger partial charge < -0.3 is 25.4 Å². The van der Waals surface area contributed by atoms with Gasteiger partial charge in [-0.3, -0.25) is 9.88 Å². The number of aromatic nitrogens is 2. The maximum absolute atomic E-state index is 10.3. The van der Waals surface area contributed by atoms with Gasteiger partial charge in [0.05, 0.1) is 24.2 Å². The van der Waals surface area contributed by atoms with E-state index in [2.05, 4.69) is 15.3 Å². The summed E-state index contributed by atoms with van der Waals surface area (Å²) in [7, 11) is 0. The van der Waals surface area contributed by atoms with Gasteiger partial charge in [0.15, 0.2) is 35.1 Å². The molecule has 2 aliphatic rings. The Bertz CT molecular complexity index is 1090. The van der Waals surface area contributed by atoms with Crippen LogP contribution in [0.5, 0.6) is 23.0 Å². The van der Waals surface area contributed by atoms with Gasteiger partial charge in [0.2, 0.25) is 5.95 Å². The lowest BCUT2D eigenvalue weighted by Gasteiger charge is -2.24. The summed E-state index contributed by atoms with van der Waals surface area (Å²) >= 11 is 0. The number of benzene rings is 2. The van der Waals surface area contributed by atoms with Gasteiger partial charge in [-0.05, 0) is 6.07 Å². The lowest BCUT2D eigenvalue weighted by molar-refractivity contribution is 0.297. The van der Waals surface area contributed by atoms with Crippen LogP contribution in [0.4, 0.5) is 5.95 Å². The number of imidazole rings is 1. The van der Waals surface area contributed by atoms with Gasteiger partial charge in [0.25, 0.3) is 0 Å². The highest BCUT2D eigenvalue weighted by Crippen LogP contribution is 2.42. The van der Waals surface area contributed by atoms with Gasteiger partial charge in [-0.2, -0.15) is 0 Å². The minimum Gasteiger partial charge on any atom is -0.504 e. The fraction of sp³-hybridized carbons (Fsp3) is 0.222. The third-order valence-corrected chi connectivity index (χ3v) is 4.63. The number of phenolic OH excluding ortho intramolecular Hbond substituents is 2. The van der Waals surface area contributed by atoms with E-state index in [0.29, 0.717) is 41.7 Å². The van der Waals surface area contributed by atoms with Crippen LogP contribution in [0.25, 0.3) is 11.0 Å². The Balaban J connectivity index is 1.74. The number of aromatic hydroxyl groups is 2. The number of anilines is 1. The van der Waals surface area contributed by atoms with Crippen molar-refractivity contribution >= 4 is 22.9 Å². The number of guanidine groups is 1. The Kier molecular flexibility index (Phi) is 3.30. The maximum Gasteiger partial charge on any atom is 0.212 e. The van der Waals surface area contributed by atoms with Crippen molar-refractivity contribution in [3.05, 3.63) is 35.9 Å². The molecule has 2 aliphatic heterocycles. The molecule has 1 atom stereocenters. The van der Waals surface area contributed by atoms with Crippen molar-refractivity contribution in [2.24, 2.45) is 10.7 Å². The van der Waals surface area contributed by atoms with Gasteiger partial charge >= 0.3 is 0 Å².